The molecule has 102 valence electrons. The van der Waals surface area contributed by atoms with Crippen LogP contribution in [0.25, 0.3) is 0 Å². The van der Waals surface area contributed by atoms with Gasteiger partial charge in [-0.05, 0) is 19.1 Å². The summed E-state index contributed by atoms with van der Waals surface area (Å²) in [5.74, 6) is 0.229. The van der Waals surface area contributed by atoms with Crippen LogP contribution in [0.4, 0.5) is 5.82 Å². The van der Waals surface area contributed by atoms with Gasteiger partial charge in [0.1, 0.15) is 24.1 Å². The minimum atomic E-state index is -0.331. The molecule has 1 rings (SSSR count). The minimum Gasteiger partial charge on any atom is -0.465 e. The second kappa shape index (κ2) is 8.06. The highest BCUT2D eigenvalue weighted by Crippen LogP contribution is 2.11. The summed E-state index contributed by atoms with van der Waals surface area (Å²) in [5, 5.41) is 8.84. The second-order valence-corrected chi connectivity index (χ2v) is 3.71. The molecule has 0 N–H and O–H groups in total. The number of methoxy groups -OCH3 is 1. The lowest BCUT2D eigenvalue weighted by Gasteiger charge is -2.22. The normalized spacial score (nSPS) is 9.74. The fourth-order valence-electron chi connectivity index (χ4n) is 1.50. The molecule has 0 saturated heterocycles. The van der Waals surface area contributed by atoms with Gasteiger partial charge in [-0.25, -0.2) is 4.98 Å². The standard InChI is InChI=1S/C13H17N3O3/c1-3-19-13(17)10-16(7-8-18-2)12-6-4-5-11(9-14)15-12/h4-6H,3,7-8,10H2,1-2H3. The highest BCUT2D eigenvalue weighted by molar-refractivity contribution is 5.75. The molecule has 19 heavy (non-hydrogen) atoms. The van der Waals surface area contributed by atoms with Crippen LogP contribution >= 0.6 is 0 Å². The predicted molar refractivity (Wildman–Crippen MR) is 69.7 cm³/mol. The van der Waals surface area contributed by atoms with Crippen LogP contribution in [0, 0.1) is 11.3 Å². The monoisotopic (exact) mass is 263 g/mol. The molecule has 0 unspecified atom stereocenters. The van der Waals surface area contributed by atoms with Gasteiger partial charge in [0.2, 0.25) is 0 Å². The number of hydrogen-bond acceptors (Lipinski definition) is 6. The van der Waals surface area contributed by atoms with E-state index < -0.39 is 0 Å². The van der Waals surface area contributed by atoms with Gasteiger partial charge in [-0.15, -0.1) is 0 Å². The van der Waals surface area contributed by atoms with Crippen LogP contribution in [0.15, 0.2) is 18.2 Å². The lowest BCUT2D eigenvalue weighted by Crippen LogP contribution is -2.34. The van der Waals surface area contributed by atoms with E-state index in [-0.39, 0.29) is 12.5 Å². The number of ether oxygens (including phenoxy) is 2. The number of pyridine rings is 1. The number of carbonyl (C=O) groups is 1. The summed E-state index contributed by atoms with van der Waals surface area (Å²) in [6.45, 7) is 3.13. The molecule has 1 aromatic heterocycles. The van der Waals surface area contributed by atoms with Crippen molar-refractivity contribution in [3.63, 3.8) is 0 Å². The highest BCUT2D eigenvalue weighted by Gasteiger charge is 2.13. The number of carbonyl (C=O) groups excluding carboxylic acids is 1. The van der Waals surface area contributed by atoms with Gasteiger partial charge in [0.05, 0.1) is 13.2 Å². The van der Waals surface area contributed by atoms with Gasteiger partial charge in [0.15, 0.2) is 0 Å². The summed E-state index contributed by atoms with van der Waals surface area (Å²) < 4.78 is 9.92. The van der Waals surface area contributed by atoms with Gasteiger partial charge < -0.3 is 14.4 Å². The lowest BCUT2D eigenvalue weighted by molar-refractivity contribution is -0.141. The van der Waals surface area contributed by atoms with E-state index in [1.54, 1.807) is 37.1 Å². The Morgan fingerprint density at radius 3 is 2.95 bits per heavy atom. The Bertz CT molecular complexity index is 457. The lowest BCUT2D eigenvalue weighted by atomic mass is 10.3. The van der Waals surface area contributed by atoms with E-state index in [1.807, 2.05) is 6.07 Å². The van der Waals surface area contributed by atoms with Crippen molar-refractivity contribution in [3.8, 4) is 6.07 Å². The molecule has 0 atom stereocenters. The first-order chi connectivity index (χ1) is 9.21. The Hall–Kier alpha value is -2.13. The molecule has 0 aromatic carbocycles. The number of nitriles is 1. The fraction of sp³-hybridized carbons (Fsp3) is 0.462. The molecule has 6 nitrogen and oxygen atoms in total. The number of rotatable bonds is 7. The third-order valence-electron chi connectivity index (χ3n) is 2.36. The number of hydrogen-bond donors (Lipinski definition) is 0. The largest absolute Gasteiger partial charge is 0.465 e. The van der Waals surface area contributed by atoms with E-state index in [9.17, 15) is 4.79 Å². The summed E-state index contributed by atoms with van der Waals surface area (Å²) >= 11 is 0. The average Bonchev–Trinajstić information content (AvgIpc) is 2.43. The van der Waals surface area contributed by atoms with Gasteiger partial charge in [0.25, 0.3) is 0 Å². The van der Waals surface area contributed by atoms with Crippen molar-refractivity contribution < 1.29 is 14.3 Å². The molecule has 0 aliphatic rings. The molecule has 0 amide bonds. The first-order valence-electron chi connectivity index (χ1n) is 5.98. The van der Waals surface area contributed by atoms with E-state index in [4.69, 9.17) is 14.7 Å². The number of nitrogens with zero attached hydrogens (tertiary/aromatic N) is 3. The van der Waals surface area contributed by atoms with Crippen molar-refractivity contribution in [2.24, 2.45) is 0 Å². The van der Waals surface area contributed by atoms with Gasteiger partial charge in [0, 0.05) is 13.7 Å². The fourth-order valence-corrected chi connectivity index (χ4v) is 1.50. The topological polar surface area (TPSA) is 75.4 Å². The van der Waals surface area contributed by atoms with E-state index in [1.165, 1.54) is 0 Å². The molecule has 0 radical (unpaired) electrons. The van der Waals surface area contributed by atoms with Crippen molar-refractivity contribution in [1.82, 2.24) is 4.98 Å². The van der Waals surface area contributed by atoms with Crippen molar-refractivity contribution >= 4 is 11.8 Å². The van der Waals surface area contributed by atoms with Gasteiger partial charge >= 0.3 is 5.97 Å². The number of esters is 1. The van der Waals surface area contributed by atoms with Crippen LogP contribution < -0.4 is 4.90 Å². The molecular weight excluding hydrogens is 246 g/mol. The smallest absolute Gasteiger partial charge is 0.325 e. The molecule has 0 aliphatic carbocycles. The maximum absolute atomic E-state index is 11.5. The van der Waals surface area contributed by atoms with Gasteiger partial charge in [-0.1, -0.05) is 6.07 Å². The zero-order valence-corrected chi connectivity index (χ0v) is 11.1. The van der Waals surface area contributed by atoms with Crippen LogP contribution in [-0.2, 0) is 14.3 Å². The summed E-state index contributed by atoms with van der Waals surface area (Å²) in [6, 6.07) is 7.06. The molecule has 0 spiro atoms. The Morgan fingerprint density at radius 2 is 2.32 bits per heavy atom. The zero-order valence-electron chi connectivity index (χ0n) is 11.1. The molecule has 0 fully saturated rings. The van der Waals surface area contributed by atoms with Crippen LogP contribution in [0.5, 0.6) is 0 Å². The van der Waals surface area contributed by atoms with E-state index in [0.717, 1.165) is 0 Å². The summed E-state index contributed by atoms with van der Waals surface area (Å²) in [5.41, 5.74) is 0.309. The van der Waals surface area contributed by atoms with Crippen LogP contribution in [0.2, 0.25) is 0 Å². The molecule has 0 aliphatic heterocycles. The minimum absolute atomic E-state index is 0.0824. The zero-order chi connectivity index (χ0) is 14.1. The third-order valence-corrected chi connectivity index (χ3v) is 2.36. The summed E-state index contributed by atoms with van der Waals surface area (Å²) in [7, 11) is 1.58. The van der Waals surface area contributed by atoms with Crippen LogP contribution in [0.3, 0.4) is 0 Å². The van der Waals surface area contributed by atoms with Crippen molar-refractivity contribution in [2.45, 2.75) is 6.92 Å². The van der Waals surface area contributed by atoms with Crippen molar-refractivity contribution in [2.75, 3.05) is 38.3 Å². The number of anilines is 1. The molecule has 0 saturated carbocycles. The first-order valence-corrected chi connectivity index (χ1v) is 5.98. The summed E-state index contributed by atoms with van der Waals surface area (Å²) in [6.07, 6.45) is 0. The van der Waals surface area contributed by atoms with Crippen LogP contribution in [-0.4, -0.2) is 44.4 Å². The Kier molecular flexibility index (Phi) is 6.33. The van der Waals surface area contributed by atoms with E-state index in [0.29, 0.717) is 31.3 Å². The second-order valence-electron chi connectivity index (χ2n) is 3.71. The third kappa shape index (κ3) is 4.94. The molecule has 1 aromatic rings. The Balaban J connectivity index is 2.82. The maximum Gasteiger partial charge on any atom is 0.325 e. The Morgan fingerprint density at radius 1 is 1.53 bits per heavy atom. The molecular formula is C13H17N3O3. The molecule has 1 heterocycles. The van der Waals surface area contributed by atoms with E-state index in [2.05, 4.69) is 4.98 Å². The van der Waals surface area contributed by atoms with Crippen LogP contribution in [0.1, 0.15) is 12.6 Å². The Labute approximate surface area is 112 Å². The van der Waals surface area contributed by atoms with Gasteiger partial charge in [-0.2, -0.15) is 5.26 Å². The molecule has 6 heteroatoms. The highest BCUT2D eigenvalue weighted by atomic mass is 16.5. The average molecular weight is 263 g/mol. The van der Waals surface area contributed by atoms with Crippen molar-refractivity contribution in [1.29, 1.82) is 5.26 Å². The van der Waals surface area contributed by atoms with Crippen molar-refractivity contribution in [3.05, 3.63) is 23.9 Å². The summed E-state index contributed by atoms with van der Waals surface area (Å²) in [4.78, 5) is 17.4. The first kappa shape index (κ1) is 14.9. The van der Waals surface area contributed by atoms with E-state index >= 15 is 0 Å². The van der Waals surface area contributed by atoms with Gasteiger partial charge in [-0.3, -0.25) is 4.79 Å². The number of aromatic nitrogens is 1. The molecule has 0 bridgehead atoms. The maximum atomic E-state index is 11.5. The predicted octanol–water partition coefficient (Wildman–Crippen LogP) is 0.969. The SMILES string of the molecule is CCOC(=O)CN(CCOC)c1cccc(C#N)n1. The quantitative estimate of drug-likeness (QED) is 0.682.